The number of alkyl halides is 3. The van der Waals surface area contributed by atoms with Crippen molar-refractivity contribution in [3.05, 3.63) is 53.1 Å². The molecule has 2 aromatic rings. The molecule has 1 N–H and O–H groups in total. The maximum absolute atomic E-state index is 12.6. The van der Waals surface area contributed by atoms with Crippen molar-refractivity contribution in [2.75, 3.05) is 5.32 Å². The standard InChI is InChI=1S/C12H7ClF3N3O/c13-10-9(4-8(6-18-10)12(14,15)16)19-11(20)7-2-1-3-17-5-7/h1-6H,(H,19,20). The van der Waals surface area contributed by atoms with Crippen LogP contribution in [0.4, 0.5) is 18.9 Å². The Morgan fingerprint density at radius 3 is 2.65 bits per heavy atom. The quantitative estimate of drug-likeness (QED) is 0.865. The van der Waals surface area contributed by atoms with Gasteiger partial charge in [-0.05, 0) is 18.2 Å². The van der Waals surface area contributed by atoms with Gasteiger partial charge in [-0.3, -0.25) is 9.78 Å². The smallest absolute Gasteiger partial charge is 0.319 e. The molecule has 0 saturated heterocycles. The minimum Gasteiger partial charge on any atom is -0.319 e. The van der Waals surface area contributed by atoms with E-state index in [0.717, 1.165) is 6.07 Å². The van der Waals surface area contributed by atoms with Crippen LogP contribution >= 0.6 is 11.6 Å². The van der Waals surface area contributed by atoms with Crippen LogP contribution in [0.15, 0.2) is 36.8 Å². The van der Waals surface area contributed by atoms with Crippen LogP contribution in [-0.4, -0.2) is 15.9 Å². The molecule has 0 aromatic carbocycles. The number of carbonyl (C=O) groups is 1. The van der Waals surface area contributed by atoms with Crippen LogP contribution in [0.1, 0.15) is 15.9 Å². The number of halogens is 4. The molecule has 104 valence electrons. The number of nitrogens with one attached hydrogen (secondary N) is 1. The van der Waals surface area contributed by atoms with E-state index in [9.17, 15) is 18.0 Å². The van der Waals surface area contributed by atoms with Crippen LogP contribution in [0, 0.1) is 0 Å². The number of aromatic nitrogens is 2. The first-order valence-corrected chi connectivity index (χ1v) is 5.70. The molecule has 0 aliphatic rings. The van der Waals surface area contributed by atoms with Gasteiger partial charge in [0.25, 0.3) is 5.91 Å². The molecule has 0 aliphatic carbocycles. The Bertz CT molecular complexity index is 632. The summed E-state index contributed by atoms with van der Waals surface area (Å²) in [6.45, 7) is 0. The maximum atomic E-state index is 12.6. The second-order valence-electron chi connectivity index (χ2n) is 3.76. The Morgan fingerprint density at radius 2 is 2.05 bits per heavy atom. The van der Waals surface area contributed by atoms with E-state index >= 15 is 0 Å². The molecule has 4 nitrogen and oxygen atoms in total. The summed E-state index contributed by atoms with van der Waals surface area (Å²) < 4.78 is 37.7. The van der Waals surface area contributed by atoms with Crippen molar-refractivity contribution in [3.8, 4) is 0 Å². The molecular formula is C12H7ClF3N3O. The van der Waals surface area contributed by atoms with Crippen LogP contribution in [0.2, 0.25) is 5.15 Å². The number of anilines is 1. The second-order valence-corrected chi connectivity index (χ2v) is 4.11. The Morgan fingerprint density at radius 1 is 1.30 bits per heavy atom. The van der Waals surface area contributed by atoms with Crippen molar-refractivity contribution in [1.82, 2.24) is 9.97 Å². The molecule has 8 heteroatoms. The molecule has 1 amide bonds. The van der Waals surface area contributed by atoms with Gasteiger partial charge in [-0.1, -0.05) is 11.6 Å². The summed E-state index contributed by atoms with van der Waals surface area (Å²) in [5.74, 6) is -0.624. The van der Waals surface area contributed by atoms with Crippen LogP contribution in [0.3, 0.4) is 0 Å². The second kappa shape index (κ2) is 5.46. The lowest BCUT2D eigenvalue weighted by Crippen LogP contribution is -2.14. The van der Waals surface area contributed by atoms with E-state index in [1.807, 2.05) is 0 Å². The molecule has 20 heavy (non-hydrogen) atoms. The maximum Gasteiger partial charge on any atom is 0.417 e. The molecule has 0 atom stereocenters. The summed E-state index contributed by atoms with van der Waals surface area (Å²) in [6, 6.07) is 3.72. The number of hydrogen-bond acceptors (Lipinski definition) is 3. The monoisotopic (exact) mass is 301 g/mol. The molecule has 0 unspecified atom stereocenters. The molecule has 0 spiro atoms. The van der Waals surface area contributed by atoms with Gasteiger partial charge in [0.2, 0.25) is 0 Å². The van der Waals surface area contributed by atoms with Crippen LogP contribution in [0.5, 0.6) is 0 Å². The average molecular weight is 302 g/mol. The molecule has 2 rings (SSSR count). The lowest BCUT2D eigenvalue weighted by molar-refractivity contribution is -0.137. The highest BCUT2D eigenvalue weighted by Gasteiger charge is 2.31. The van der Waals surface area contributed by atoms with Gasteiger partial charge < -0.3 is 5.32 Å². The average Bonchev–Trinajstić information content (AvgIpc) is 2.41. The van der Waals surface area contributed by atoms with Gasteiger partial charge in [-0.15, -0.1) is 0 Å². The number of nitrogens with zero attached hydrogens (tertiary/aromatic N) is 2. The van der Waals surface area contributed by atoms with Crippen molar-refractivity contribution in [2.24, 2.45) is 0 Å². The summed E-state index contributed by atoms with van der Waals surface area (Å²) in [5, 5.41) is 2.04. The van der Waals surface area contributed by atoms with Crippen molar-refractivity contribution in [3.63, 3.8) is 0 Å². The van der Waals surface area contributed by atoms with Crippen molar-refractivity contribution < 1.29 is 18.0 Å². The van der Waals surface area contributed by atoms with Crippen molar-refractivity contribution >= 4 is 23.2 Å². The van der Waals surface area contributed by atoms with E-state index in [0.29, 0.717) is 6.20 Å². The number of amides is 1. The topological polar surface area (TPSA) is 54.9 Å². The van der Waals surface area contributed by atoms with Gasteiger partial charge in [-0.25, -0.2) is 4.98 Å². The zero-order chi connectivity index (χ0) is 14.8. The summed E-state index contributed by atoms with van der Waals surface area (Å²) >= 11 is 5.67. The lowest BCUT2D eigenvalue weighted by Gasteiger charge is -2.10. The minimum atomic E-state index is -4.56. The molecule has 2 heterocycles. The van der Waals surface area contributed by atoms with Crippen molar-refractivity contribution in [1.29, 1.82) is 0 Å². The highest BCUT2D eigenvalue weighted by atomic mass is 35.5. The van der Waals surface area contributed by atoms with E-state index in [1.54, 1.807) is 0 Å². The summed E-state index contributed by atoms with van der Waals surface area (Å²) in [6.07, 6.45) is -1.21. The first-order valence-electron chi connectivity index (χ1n) is 5.32. The van der Waals surface area contributed by atoms with Gasteiger partial charge in [0, 0.05) is 18.6 Å². The zero-order valence-corrected chi connectivity index (χ0v) is 10.5. The number of hydrogen-bond donors (Lipinski definition) is 1. The summed E-state index contributed by atoms with van der Waals surface area (Å²) in [7, 11) is 0. The Balaban J connectivity index is 2.27. The largest absolute Gasteiger partial charge is 0.417 e. The third-order valence-corrected chi connectivity index (χ3v) is 2.64. The zero-order valence-electron chi connectivity index (χ0n) is 9.78. The van der Waals surface area contributed by atoms with Gasteiger partial charge in [-0.2, -0.15) is 13.2 Å². The first-order chi connectivity index (χ1) is 9.38. The molecule has 0 saturated carbocycles. The molecule has 0 aliphatic heterocycles. The van der Waals surface area contributed by atoms with Crippen LogP contribution in [-0.2, 0) is 6.18 Å². The van der Waals surface area contributed by atoms with Gasteiger partial charge in [0.15, 0.2) is 5.15 Å². The van der Waals surface area contributed by atoms with Crippen LogP contribution < -0.4 is 5.32 Å². The Hall–Kier alpha value is -2.15. The third-order valence-electron chi connectivity index (χ3n) is 2.34. The number of rotatable bonds is 2. The first kappa shape index (κ1) is 14.3. The molecule has 2 aromatic heterocycles. The van der Waals surface area contributed by atoms with Crippen LogP contribution in [0.25, 0.3) is 0 Å². The molecular weight excluding hydrogens is 295 g/mol. The fourth-order valence-corrected chi connectivity index (χ4v) is 1.53. The Kier molecular flexibility index (Phi) is 3.89. The summed E-state index contributed by atoms with van der Waals surface area (Å²) in [5.41, 5.74) is -1.01. The molecule has 0 fully saturated rings. The minimum absolute atomic E-state index is 0.195. The number of carbonyl (C=O) groups excluding carboxylic acids is 1. The lowest BCUT2D eigenvalue weighted by atomic mass is 10.2. The van der Waals surface area contributed by atoms with E-state index in [4.69, 9.17) is 11.6 Å². The van der Waals surface area contributed by atoms with E-state index in [-0.39, 0.29) is 16.4 Å². The molecule has 0 radical (unpaired) electrons. The SMILES string of the molecule is O=C(Nc1cc(C(F)(F)F)cnc1Cl)c1cccnc1. The fraction of sp³-hybridized carbons (Fsp3) is 0.0833. The van der Waals surface area contributed by atoms with E-state index in [2.05, 4.69) is 15.3 Å². The highest BCUT2D eigenvalue weighted by molar-refractivity contribution is 6.32. The van der Waals surface area contributed by atoms with E-state index in [1.165, 1.54) is 24.5 Å². The normalized spacial score (nSPS) is 11.2. The summed E-state index contributed by atoms with van der Waals surface area (Å²) in [4.78, 5) is 19.0. The van der Waals surface area contributed by atoms with E-state index < -0.39 is 17.6 Å². The van der Waals surface area contributed by atoms with Gasteiger partial charge in [0.05, 0.1) is 16.8 Å². The predicted octanol–water partition coefficient (Wildman–Crippen LogP) is 3.40. The van der Waals surface area contributed by atoms with Gasteiger partial charge >= 0.3 is 6.18 Å². The van der Waals surface area contributed by atoms with Crippen molar-refractivity contribution in [2.45, 2.75) is 6.18 Å². The molecule has 0 bridgehead atoms. The van der Waals surface area contributed by atoms with Gasteiger partial charge in [0.1, 0.15) is 0 Å². The highest BCUT2D eigenvalue weighted by Crippen LogP contribution is 2.32. The third kappa shape index (κ3) is 3.24. The fourth-order valence-electron chi connectivity index (χ4n) is 1.38. The number of pyridine rings is 2. The Labute approximate surface area is 116 Å². The predicted molar refractivity (Wildman–Crippen MR) is 66.4 cm³/mol.